The fourth-order valence-electron chi connectivity index (χ4n) is 7.04. The third-order valence-corrected chi connectivity index (χ3v) is 8.41. The van der Waals surface area contributed by atoms with Crippen molar-refractivity contribution in [3.63, 3.8) is 0 Å². The molecule has 1 saturated heterocycles. The van der Waals surface area contributed by atoms with E-state index in [1.807, 2.05) is 6.92 Å². The Bertz CT molecular complexity index is 1100. The lowest BCUT2D eigenvalue weighted by molar-refractivity contribution is -0.148. The highest BCUT2D eigenvalue weighted by Crippen LogP contribution is 2.64. The summed E-state index contributed by atoms with van der Waals surface area (Å²) >= 11 is 0. The number of fused-ring (bicyclic) bond motifs is 5. The molecule has 170 valence electrons. The first kappa shape index (κ1) is 20.2. The minimum Gasteiger partial charge on any atom is -0.460 e. The minimum absolute atomic E-state index is 0.0430. The van der Waals surface area contributed by atoms with Crippen LogP contribution in [0.1, 0.15) is 66.5 Å². The summed E-state index contributed by atoms with van der Waals surface area (Å²) < 4.78 is 28.8. The molecule has 0 radical (unpaired) electrons. The zero-order chi connectivity index (χ0) is 22.6. The van der Waals surface area contributed by atoms with Crippen molar-refractivity contribution >= 4 is 17.7 Å². The second-order valence-electron chi connectivity index (χ2n) is 10.1. The molecule has 0 aromatic carbocycles. The summed E-state index contributed by atoms with van der Waals surface area (Å²) in [6, 6.07) is 0. The van der Waals surface area contributed by atoms with Crippen molar-refractivity contribution < 1.29 is 37.7 Å². The van der Waals surface area contributed by atoms with E-state index in [0.717, 1.165) is 18.4 Å². The van der Waals surface area contributed by atoms with Crippen LogP contribution in [0.2, 0.25) is 0 Å². The minimum atomic E-state index is -0.909. The third-order valence-electron chi connectivity index (χ3n) is 8.41. The Hall–Kier alpha value is -2.45. The first-order chi connectivity index (χ1) is 15.2. The van der Waals surface area contributed by atoms with Crippen molar-refractivity contribution in [2.24, 2.45) is 11.3 Å². The quantitative estimate of drug-likeness (QED) is 0.520. The normalized spacial score (nSPS) is 41.2. The maximum atomic E-state index is 13.9. The van der Waals surface area contributed by atoms with Crippen molar-refractivity contribution in [3.05, 3.63) is 34.3 Å². The number of allylic oxidation sites excluding steroid dienone is 1. The molecule has 2 aliphatic heterocycles. The van der Waals surface area contributed by atoms with Crippen LogP contribution in [0.4, 0.5) is 0 Å². The van der Waals surface area contributed by atoms with Crippen LogP contribution in [0.5, 0.6) is 0 Å². The van der Waals surface area contributed by atoms with Crippen LogP contribution in [0.25, 0.3) is 0 Å². The molecule has 1 aromatic heterocycles. The lowest BCUT2D eigenvalue weighted by Crippen LogP contribution is -2.58. The Kier molecular flexibility index (Phi) is 3.99. The summed E-state index contributed by atoms with van der Waals surface area (Å²) in [6.07, 6.45) is 2.49. The summed E-state index contributed by atoms with van der Waals surface area (Å²) in [4.78, 5) is 38.8. The van der Waals surface area contributed by atoms with Gasteiger partial charge in [0.1, 0.15) is 24.0 Å². The maximum absolute atomic E-state index is 13.9. The van der Waals surface area contributed by atoms with Crippen LogP contribution in [0, 0.1) is 11.3 Å². The molecule has 0 N–H and O–H groups in total. The van der Waals surface area contributed by atoms with E-state index in [2.05, 4.69) is 6.92 Å². The van der Waals surface area contributed by atoms with Gasteiger partial charge in [0.05, 0.1) is 24.2 Å². The number of ether oxygens (including phenoxy) is 4. The SMILES string of the molecule is COC[C@H]1OC(=O)c2coc3c2[C@@]1(C)C1=C(C3=O)[C@@H]2CC[C@@H]3O[C@H]3[C@@]2(C)C[C@H]1OC(C)=O. The molecule has 6 rings (SSSR count). The van der Waals surface area contributed by atoms with E-state index in [1.54, 1.807) is 7.11 Å². The molecule has 1 aromatic rings. The number of hydrogen-bond donors (Lipinski definition) is 0. The zero-order valence-electron chi connectivity index (χ0n) is 18.6. The number of hydrogen-bond acceptors (Lipinski definition) is 8. The van der Waals surface area contributed by atoms with Crippen molar-refractivity contribution in [2.75, 3.05) is 13.7 Å². The van der Waals surface area contributed by atoms with Crippen LogP contribution >= 0.6 is 0 Å². The van der Waals surface area contributed by atoms with E-state index in [0.29, 0.717) is 17.6 Å². The number of cyclic esters (lactones) is 1. The molecule has 8 heteroatoms. The average Bonchev–Trinajstić information content (AvgIpc) is 3.39. The van der Waals surface area contributed by atoms with E-state index in [-0.39, 0.29) is 47.3 Å². The molecular weight excluding hydrogens is 416 g/mol. The number of ketones is 1. The van der Waals surface area contributed by atoms with Gasteiger partial charge in [-0.15, -0.1) is 0 Å². The molecule has 2 fully saturated rings. The van der Waals surface area contributed by atoms with Crippen LogP contribution < -0.4 is 0 Å². The average molecular weight is 442 g/mol. The Balaban J connectivity index is 1.63. The molecule has 0 amide bonds. The van der Waals surface area contributed by atoms with Gasteiger partial charge in [-0.25, -0.2) is 4.79 Å². The van der Waals surface area contributed by atoms with E-state index in [4.69, 9.17) is 23.4 Å². The fraction of sp³-hybridized carbons (Fsp3) is 0.625. The number of carbonyl (C=O) groups is 3. The molecule has 0 unspecified atom stereocenters. The number of rotatable bonds is 3. The molecule has 3 aliphatic carbocycles. The van der Waals surface area contributed by atoms with Crippen LogP contribution in [-0.4, -0.2) is 55.9 Å². The molecule has 5 aliphatic rings. The van der Waals surface area contributed by atoms with Crippen LogP contribution in [0.3, 0.4) is 0 Å². The van der Waals surface area contributed by atoms with Crippen molar-refractivity contribution in [2.45, 2.75) is 69.9 Å². The highest BCUT2D eigenvalue weighted by Gasteiger charge is 2.67. The summed E-state index contributed by atoms with van der Waals surface area (Å²) in [5, 5.41) is 0. The summed E-state index contributed by atoms with van der Waals surface area (Å²) in [5.74, 6) is -1.05. The second-order valence-corrected chi connectivity index (χ2v) is 10.1. The molecule has 0 spiro atoms. The second kappa shape index (κ2) is 6.32. The van der Waals surface area contributed by atoms with Gasteiger partial charge >= 0.3 is 11.9 Å². The molecule has 32 heavy (non-hydrogen) atoms. The Morgan fingerprint density at radius 1 is 1.25 bits per heavy atom. The highest BCUT2D eigenvalue weighted by atomic mass is 16.6. The predicted molar refractivity (Wildman–Crippen MR) is 108 cm³/mol. The van der Waals surface area contributed by atoms with Gasteiger partial charge < -0.3 is 23.4 Å². The lowest BCUT2D eigenvalue weighted by atomic mass is 9.50. The lowest BCUT2D eigenvalue weighted by Gasteiger charge is -2.54. The van der Waals surface area contributed by atoms with Crippen molar-refractivity contribution in [1.82, 2.24) is 0 Å². The Morgan fingerprint density at radius 2 is 2.03 bits per heavy atom. The molecule has 3 heterocycles. The van der Waals surface area contributed by atoms with E-state index < -0.39 is 29.6 Å². The van der Waals surface area contributed by atoms with Crippen molar-refractivity contribution in [3.8, 4) is 0 Å². The van der Waals surface area contributed by atoms with Gasteiger partial charge in [0.2, 0.25) is 5.78 Å². The monoisotopic (exact) mass is 442 g/mol. The van der Waals surface area contributed by atoms with Crippen molar-refractivity contribution in [1.29, 1.82) is 0 Å². The largest absolute Gasteiger partial charge is 0.460 e. The van der Waals surface area contributed by atoms with Crippen LogP contribution in [-0.2, 0) is 29.2 Å². The van der Waals surface area contributed by atoms with Gasteiger partial charge in [0.25, 0.3) is 0 Å². The summed E-state index contributed by atoms with van der Waals surface area (Å²) in [6.45, 7) is 5.59. The number of furan rings is 1. The molecule has 8 nitrogen and oxygen atoms in total. The smallest absolute Gasteiger partial charge is 0.342 e. The zero-order valence-corrected chi connectivity index (χ0v) is 18.6. The number of methoxy groups -OCH3 is 1. The Morgan fingerprint density at radius 3 is 2.75 bits per heavy atom. The number of esters is 2. The number of carbonyl (C=O) groups excluding carboxylic acids is 3. The number of Topliss-reactive ketones (excluding diaryl/α,β-unsaturated/α-hetero) is 1. The van der Waals surface area contributed by atoms with Gasteiger partial charge in [-0.2, -0.15) is 0 Å². The maximum Gasteiger partial charge on any atom is 0.342 e. The fourth-order valence-corrected chi connectivity index (χ4v) is 7.04. The Labute approximate surface area is 185 Å². The molecular formula is C24H26O8. The first-order valence-electron chi connectivity index (χ1n) is 11.2. The number of epoxide rings is 1. The standard InChI is InChI=1S/C24H26O8/c1-10(25)30-14-7-23(2)12(5-6-13-21(23)31-13)16-18(14)24(3)15(9-28-4)32-22(27)11-8-29-20(17(11)24)19(16)26/h8,12-15,21H,5-7,9H2,1-4H3/t12-,13-,14+,15+,21+,23-,24-/m0/s1. The van der Waals surface area contributed by atoms with Crippen LogP contribution in [0.15, 0.2) is 21.8 Å². The van der Waals surface area contributed by atoms with Gasteiger partial charge in [0.15, 0.2) is 5.76 Å². The predicted octanol–water partition coefficient (Wildman–Crippen LogP) is 2.73. The van der Waals surface area contributed by atoms with Gasteiger partial charge in [-0.05, 0) is 37.7 Å². The molecule has 7 atom stereocenters. The van der Waals surface area contributed by atoms with Gasteiger partial charge in [-0.3, -0.25) is 9.59 Å². The highest BCUT2D eigenvalue weighted by molar-refractivity contribution is 6.13. The van der Waals surface area contributed by atoms with E-state index in [1.165, 1.54) is 13.2 Å². The van der Waals surface area contributed by atoms with E-state index >= 15 is 0 Å². The van der Waals surface area contributed by atoms with Gasteiger partial charge in [0, 0.05) is 30.6 Å². The first-order valence-corrected chi connectivity index (χ1v) is 11.2. The van der Waals surface area contributed by atoms with E-state index in [9.17, 15) is 14.4 Å². The third kappa shape index (κ3) is 2.32. The summed E-state index contributed by atoms with van der Waals surface area (Å²) in [7, 11) is 1.54. The molecule has 0 bridgehead atoms. The topological polar surface area (TPSA) is 105 Å². The van der Waals surface area contributed by atoms with Gasteiger partial charge in [-0.1, -0.05) is 6.92 Å². The molecule has 1 saturated carbocycles. The summed E-state index contributed by atoms with van der Waals surface area (Å²) in [5.41, 5.74) is 0.893.